The van der Waals surface area contributed by atoms with E-state index in [1.807, 2.05) is 6.07 Å². The molecular weight excluding hydrogens is 234 g/mol. The van der Waals surface area contributed by atoms with E-state index in [4.69, 9.17) is 0 Å². The van der Waals surface area contributed by atoms with E-state index in [0.29, 0.717) is 16.8 Å². The third-order valence-corrected chi connectivity index (χ3v) is 2.71. The lowest BCUT2D eigenvalue weighted by atomic mass is 10.1. The maximum atomic E-state index is 10.8. The van der Waals surface area contributed by atoms with Gasteiger partial charge in [-0.05, 0) is 12.1 Å². The van der Waals surface area contributed by atoms with E-state index in [-0.39, 0.29) is 5.69 Å². The van der Waals surface area contributed by atoms with Gasteiger partial charge in [0.25, 0.3) is 5.69 Å². The van der Waals surface area contributed by atoms with Crippen LogP contribution in [0.1, 0.15) is 0 Å². The third-order valence-electron chi connectivity index (χ3n) is 2.71. The van der Waals surface area contributed by atoms with Crippen LogP contribution in [-0.2, 0) is 7.05 Å². The van der Waals surface area contributed by atoms with Gasteiger partial charge in [-0.25, -0.2) is 0 Å². The number of nitrogens with one attached hydrogen (secondary N) is 1. The Morgan fingerprint density at radius 2 is 2.22 bits per heavy atom. The smallest absolute Gasteiger partial charge is 0.270 e. The fourth-order valence-corrected chi connectivity index (χ4v) is 1.85. The normalized spacial score (nSPS) is 10.9. The van der Waals surface area contributed by atoms with Crippen molar-refractivity contribution in [2.75, 3.05) is 0 Å². The second-order valence-electron chi connectivity index (χ2n) is 3.93. The molecule has 0 amide bonds. The van der Waals surface area contributed by atoms with Crippen molar-refractivity contribution in [3.8, 4) is 11.4 Å². The molecule has 0 aliphatic rings. The molecule has 0 saturated heterocycles. The Kier molecular flexibility index (Phi) is 2.12. The van der Waals surface area contributed by atoms with Crippen LogP contribution >= 0.6 is 0 Å². The van der Waals surface area contributed by atoms with Gasteiger partial charge >= 0.3 is 0 Å². The van der Waals surface area contributed by atoms with E-state index in [0.717, 1.165) is 5.52 Å². The van der Waals surface area contributed by atoms with Gasteiger partial charge < -0.3 is 0 Å². The number of nitro groups is 1. The molecule has 0 unspecified atom stereocenters. The van der Waals surface area contributed by atoms with E-state index in [9.17, 15) is 10.1 Å². The highest BCUT2D eigenvalue weighted by Gasteiger charge is 2.14. The highest BCUT2D eigenvalue weighted by atomic mass is 16.6. The number of aryl methyl sites for hydroxylation is 1. The topological polar surface area (TPSA) is 89.6 Å². The molecule has 0 aliphatic carbocycles. The van der Waals surface area contributed by atoms with E-state index >= 15 is 0 Å². The number of fused-ring (bicyclic) bond motifs is 1. The molecule has 2 aromatic heterocycles. The first-order valence-corrected chi connectivity index (χ1v) is 5.28. The lowest BCUT2D eigenvalue weighted by Crippen LogP contribution is -1.89. The number of H-pyrrole nitrogens is 1. The lowest BCUT2D eigenvalue weighted by molar-refractivity contribution is -0.384. The van der Waals surface area contributed by atoms with Gasteiger partial charge in [0.15, 0.2) is 0 Å². The number of aromatic nitrogens is 4. The number of hydrogen-bond donors (Lipinski definition) is 1. The molecule has 1 N–H and O–H groups in total. The van der Waals surface area contributed by atoms with Gasteiger partial charge in [-0.1, -0.05) is 0 Å². The summed E-state index contributed by atoms with van der Waals surface area (Å²) in [4.78, 5) is 10.4. The van der Waals surface area contributed by atoms with Crippen LogP contribution in [-0.4, -0.2) is 24.9 Å². The van der Waals surface area contributed by atoms with Crippen LogP contribution in [0.5, 0.6) is 0 Å². The Hall–Kier alpha value is -2.70. The fraction of sp³-hybridized carbons (Fsp3) is 0.0909. The van der Waals surface area contributed by atoms with E-state index in [2.05, 4.69) is 15.3 Å². The van der Waals surface area contributed by atoms with Crippen molar-refractivity contribution < 1.29 is 4.92 Å². The molecule has 7 nitrogen and oxygen atoms in total. The third kappa shape index (κ3) is 1.53. The van der Waals surface area contributed by atoms with Crippen LogP contribution in [0.4, 0.5) is 5.69 Å². The number of nitro benzene ring substituents is 1. The van der Waals surface area contributed by atoms with Crippen molar-refractivity contribution in [1.82, 2.24) is 20.0 Å². The lowest BCUT2D eigenvalue weighted by Gasteiger charge is -1.93. The second kappa shape index (κ2) is 3.66. The molecule has 0 saturated carbocycles. The minimum absolute atomic E-state index is 0.0427. The summed E-state index contributed by atoms with van der Waals surface area (Å²) >= 11 is 0. The van der Waals surface area contributed by atoms with E-state index in [1.165, 1.54) is 12.1 Å². The van der Waals surface area contributed by atoms with Crippen LogP contribution in [0, 0.1) is 10.1 Å². The van der Waals surface area contributed by atoms with Crippen molar-refractivity contribution in [1.29, 1.82) is 0 Å². The van der Waals surface area contributed by atoms with Gasteiger partial charge in [0.05, 0.1) is 10.4 Å². The minimum atomic E-state index is -0.422. The molecule has 0 atom stereocenters. The van der Waals surface area contributed by atoms with Crippen LogP contribution in [0.25, 0.3) is 22.3 Å². The van der Waals surface area contributed by atoms with Crippen molar-refractivity contribution in [2.45, 2.75) is 0 Å². The second-order valence-corrected chi connectivity index (χ2v) is 3.93. The van der Waals surface area contributed by atoms with Crippen molar-refractivity contribution >= 4 is 16.6 Å². The van der Waals surface area contributed by atoms with Crippen LogP contribution in [0.2, 0.25) is 0 Å². The average Bonchev–Trinajstić information content (AvgIpc) is 2.93. The maximum absolute atomic E-state index is 10.8. The number of rotatable bonds is 2. The summed E-state index contributed by atoms with van der Waals surface area (Å²) in [6.07, 6.45) is 1.80. The van der Waals surface area contributed by atoms with Gasteiger partial charge in [0.1, 0.15) is 11.4 Å². The number of non-ortho nitro benzene ring substituents is 1. The predicted octanol–water partition coefficient (Wildman–Crippen LogP) is 1.87. The zero-order valence-electron chi connectivity index (χ0n) is 9.49. The molecule has 18 heavy (non-hydrogen) atoms. The predicted molar refractivity (Wildman–Crippen MR) is 65.0 cm³/mol. The summed E-state index contributed by atoms with van der Waals surface area (Å²) in [5.41, 5.74) is 2.10. The van der Waals surface area contributed by atoms with Crippen molar-refractivity contribution in [2.24, 2.45) is 7.05 Å². The van der Waals surface area contributed by atoms with Gasteiger partial charge in [-0.15, -0.1) is 0 Å². The van der Waals surface area contributed by atoms with E-state index in [1.54, 1.807) is 24.0 Å². The summed E-state index contributed by atoms with van der Waals surface area (Å²) in [6, 6.07) is 6.41. The fourth-order valence-electron chi connectivity index (χ4n) is 1.85. The Morgan fingerprint density at radius 3 is 2.89 bits per heavy atom. The molecule has 7 heteroatoms. The molecule has 2 heterocycles. The monoisotopic (exact) mass is 243 g/mol. The molecule has 0 aliphatic heterocycles. The average molecular weight is 243 g/mol. The molecule has 0 spiro atoms. The van der Waals surface area contributed by atoms with Gasteiger partial charge in [-0.3, -0.25) is 19.9 Å². The van der Waals surface area contributed by atoms with Crippen molar-refractivity contribution in [3.05, 3.63) is 40.6 Å². The molecule has 1 aromatic carbocycles. The summed E-state index contributed by atoms with van der Waals surface area (Å²) < 4.78 is 1.66. The van der Waals surface area contributed by atoms with Crippen LogP contribution in [0.3, 0.4) is 0 Å². The molecular formula is C11H9N5O2. The molecule has 0 bridgehead atoms. The molecule has 0 radical (unpaired) electrons. The van der Waals surface area contributed by atoms with Gasteiger partial charge in [0, 0.05) is 30.8 Å². The Balaban J connectivity index is 2.23. The first-order valence-electron chi connectivity index (χ1n) is 5.28. The first-order chi connectivity index (χ1) is 8.65. The van der Waals surface area contributed by atoms with Crippen molar-refractivity contribution in [3.63, 3.8) is 0 Å². The summed E-state index contributed by atoms with van der Waals surface area (Å²) in [5.74, 6) is 0. The molecule has 3 rings (SSSR count). The molecule has 90 valence electrons. The summed E-state index contributed by atoms with van der Waals surface area (Å²) in [6.45, 7) is 0. The highest BCUT2D eigenvalue weighted by molar-refractivity contribution is 5.93. The zero-order valence-corrected chi connectivity index (χ0v) is 9.49. The number of hydrogen-bond acceptors (Lipinski definition) is 4. The van der Waals surface area contributed by atoms with Gasteiger partial charge in [-0.2, -0.15) is 10.2 Å². The molecule has 3 aromatic rings. The minimum Gasteiger partial charge on any atom is -0.277 e. The van der Waals surface area contributed by atoms with Crippen LogP contribution < -0.4 is 0 Å². The number of benzene rings is 1. The number of aromatic amines is 1. The SMILES string of the molecule is Cn1ccc(-c2n[nH]c3ccc([N+](=O)[O-])cc23)n1. The highest BCUT2D eigenvalue weighted by Crippen LogP contribution is 2.27. The first kappa shape index (κ1) is 10.5. The molecule has 0 fully saturated rings. The maximum Gasteiger partial charge on any atom is 0.270 e. The Morgan fingerprint density at radius 1 is 1.39 bits per heavy atom. The Bertz CT molecular complexity index is 743. The Labute approximate surface area is 101 Å². The van der Waals surface area contributed by atoms with Crippen LogP contribution in [0.15, 0.2) is 30.5 Å². The summed E-state index contributed by atoms with van der Waals surface area (Å²) in [7, 11) is 1.81. The largest absolute Gasteiger partial charge is 0.277 e. The summed E-state index contributed by atoms with van der Waals surface area (Å²) in [5, 5.41) is 22.7. The van der Waals surface area contributed by atoms with E-state index < -0.39 is 4.92 Å². The van der Waals surface area contributed by atoms with Gasteiger partial charge in [0.2, 0.25) is 0 Å². The number of nitrogens with zero attached hydrogens (tertiary/aromatic N) is 4. The zero-order chi connectivity index (χ0) is 12.7. The standard InChI is InChI=1S/C11H9N5O2/c1-15-5-4-10(14-15)11-8-6-7(16(17)18)2-3-9(8)12-13-11/h2-6H,1H3,(H,12,13). The quantitative estimate of drug-likeness (QED) is 0.549.